The van der Waals surface area contributed by atoms with E-state index in [2.05, 4.69) is 5.32 Å². The molecule has 1 heterocycles. The molecule has 2 aromatic carbocycles. The van der Waals surface area contributed by atoms with Gasteiger partial charge in [0.05, 0.1) is 24.8 Å². The minimum atomic E-state index is -3.81. The predicted octanol–water partition coefficient (Wildman–Crippen LogP) is 3.15. The van der Waals surface area contributed by atoms with Crippen molar-refractivity contribution in [2.45, 2.75) is 23.8 Å². The number of benzene rings is 2. The standard InChI is InChI=1S/C19H21ClN2O5S/c1-26-14-7-10-16(18(12-14)27-2)21-19(23)17-4-3-11-22(17)28(24,25)15-8-5-13(20)6-9-15/h5-10,12,17H,3-4,11H2,1-2H3,(H,21,23)/t17-/m0/s1. The fraction of sp³-hybridized carbons (Fsp3) is 0.316. The average molecular weight is 425 g/mol. The highest BCUT2D eigenvalue weighted by Gasteiger charge is 2.39. The van der Waals surface area contributed by atoms with Crippen LogP contribution >= 0.6 is 11.6 Å². The summed E-state index contributed by atoms with van der Waals surface area (Å²) < 4.78 is 37.6. The third-order valence-electron chi connectivity index (χ3n) is 4.59. The normalized spacial score (nSPS) is 17.3. The van der Waals surface area contributed by atoms with Gasteiger partial charge in [-0.15, -0.1) is 0 Å². The maximum absolute atomic E-state index is 13.0. The van der Waals surface area contributed by atoms with Crippen molar-refractivity contribution >= 4 is 33.2 Å². The summed E-state index contributed by atoms with van der Waals surface area (Å²) in [5.41, 5.74) is 0.448. The number of hydrogen-bond acceptors (Lipinski definition) is 5. The molecule has 0 radical (unpaired) electrons. The maximum Gasteiger partial charge on any atom is 0.243 e. The van der Waals surface area contributed by atoms with E-state index in [9.17, 15) is 13.2 Å². The van der Waals surface area contributed by atoms with Gasteiger partial charge in [0, 0.05) is 17.6 Å². The van der Waals surface area contributed by atoms with Crippen molar-refractivity contribution < 1.29 is 22.7 Å². The molecule has 7 nitrogen and oxygen atoms in total. The topological polar surface area (TPSA) is 84.9 Å². The molecule has 1 fully saturated rings. The Balaban J connectivity index is 1.83. The molecule has 9 heteroatoms. The Bertz CT molecular complexity index is 963. The second kappa shape index (κ2) is 8.38. The average Bonchev–Trinajstić information content (AvgIpc) is 3.19. The van der Waals surface area contributed by atoms with Crippen LogP contribution in [-0.4, -0.2) is 45.4 Å². The lowest BCUT2D eigenvalue weighted by Gasteiger charge is -2.24. The number of methoxy groups -OCH3 is 2. The van der Waals surface area contributed by atoms with E-state index in [4.69, 9.17) is 21.1 Å². The molecule has 1 atom stereocenters. The Morgan fingerprint density at radius 2 is 1.86 bits per heavy atom. The summed E-state index contributed by atoms with van der Waals surface area (Å²) in [7, 11) is -0.789. The van der Waals surface area contributed by atoms with Crippen LogP contribution in [0.25, 0.3) is 0 Å². The van der Waals surface area contributed by atoms with Gasteiger partial charge < -0.3 is 14.8 Å². The number of carbonyl (C=O) groups is 1. The number of nitrogens with zero attached hydrogens (tertiary/aromatic N) is 1. The van der Waals surface area contributed by atoms with Crippen molar-refractivity contribution in [3.05, 3.63) is 47.5 Å². The van der Waals surface area contributed by atoms with Crippen molar-refractivity contribution in [1.82, 2.24) is 4.31 Å². The smallest absolute Gasteiger partial charge is 0.243 e. The van der Waals surface area contributed by atoms with Gasteiger partial charge in [0.25, 0.3) is 0 Å². The maximum atomic E-state index is 13.0. The highest BCUT2D eigenvalue weighted by molar-refractivity contribution is 7.89. The molecule has 1 amide bonds. The molecule has 3 rings (SSSR count). The first kappa shape index (κ1) is 20.4. The molecular weight excluding hydrogens is 404 g/mol. The lowest BCUT2D eigenvalue weighted by molar-refractivity contribution is -0.119. The van der Waals surface area contributed by atoms with E-state index in [1.807, 2.05) is 0 Å². The lowest BCUT2D eigenvalue weighted by Crippen LogP contribution is -2.43. The monoisotopic (exact) mass is 424 g/mol. The fourth-order valence-electron chi connectivity index (χ4n) is 3.15. The first-order chi connectivity index (χ1) is 13.4. The van der Waals surface area contributed by atoms with Crippen LogP contribution < -0.4 is 14.8 Å². The Kier molecular flexibility index (Phi) is 6.12. The van der Waals surface area contributed by atoms with Gasteiger partial charge in [0.1, 0.15) is 17.5 Å². The number of sulfonamides is 1. The molecule has 0 unspecified atom stereocenters. The highest BCUT2D eigenvalue weighted by Crippen LogP contribution is 2.31. The minimum Gasteiger partial charge on any atom is -0.497 e. The molecule has 1 aliphatic rings. The molecular formula is C19H21ClN2O5S. The van der Waals surface area contributed by atoms with Gasteiger partial charge in [-0.2, -0.15) is 4.31 Å². The molecule has 2 aromatic rings. The van der Waals surface area contributed by atoms with Crippen LogP contribution in [0.2, 0.25) is 5.02 Å². The van der Waals surface area contributed by atoms with Gasteiger partial charge in [0.15, 0.2) is 0 Å². The van der Waals surface area contributed by atoms with Gasteiger partial charge in [-0.05, 0) is 49.2 Å². The van der Waals surface area contributed by atoms with Gasteiger partial charge in [-0.3, -0.25) is 4.79 Å². The van der Waals surface area contributed by atoms with E-state index in [0.29, 0.717) is 35.1 Å². The van der Waals surface area contributed by atoms with Crippen LogP contribution in [0.1, 0.15) is 12.8 Å². The highest BCUT2D eigenvalue weighted by atomic mass is 35.5. The van der Waals surface area contributed by atoms with Gasteiger partial charge in [0.2, 0.25) is 15.9 Å². The molecule has 150 valence electrons. The SMILES string of the molecule is COc1ccc(NC(=O)[C@@H]2CCCN2S(=O)(=O)c2ccc(Cl)cc2)c(OC)c1. The van der Waals surface area contributed by atoms with E-state index >= 15 is 0 Å². The lowest BCUT2D eigenvalue weighted by atomic mass is 10.2. The van der Waals surface area contributed by atoms with E-state index in [1.165, 1.54) is 42.8 Å². The zero-order chi connectivity index (χ0) is 20.3. The summed E-state index contributed by atoms with van der Waals surface area (Å²) in [5.74, 6) is 0.610. The first-order valence-corrected chi connectivity index (χ1v) is 10.5. The van der Waals surface area contributed by atoms with Crippen LogP contribution in [0.3, 0.4) is 0 Å². The largest absolute Gasteiger partial charge is 0.497 e. The molecule has 1 N–H and O–H groups in total. The third-order valence-corrected chi connectivity index (χ3v) is 6.77. The second-order valence-electron chi connectivity index (χ2n) is 6.28. The Morgan fingerprint density at radius 3 is 2.50 bits per heavy atom. The Morgan fingerprint density at radius 1 is 1.14 bits per heavy atom. The van der Waals surface area contributed by atoms with Crippen molar-refractivity contribution in [3.8, 4) is 11.5 Å². The van der Waals surface area contributed by atoms with Crippen LogP contribution in [0.5, 0.6) is 11.5 Å². The zero-order valence-electron chi connectivity index (χ0n) is 15.5. The minimum absolute atomic E-state index is 0.110. The van der Waals surface area contributed by atoms with E-state index in [0.717, 1.165) is 0 Å². The number of anilines is 1. The van der Waals surface area contributed by atoms with Crippen LogP contribution in [-0.2, 0) is 14.8 Å². The van der Waals surface area contributed by atoms with Gasteiger partial charge in [-0.25, -0.2) is 8.42 Å². The molecule has 0 aliphatic carbocycles. The number of hydrogen-bond donors (Lipinski definition) is 1. The summed E-state index contributed by atoms with van der Waals surface area (Å²) in [5, 5.41) is 3.22. The summed E-state index contributed by atoms with van der Waals surface area (Å²) >= 11 is 5.85. The van der Waals surface area contributed by atoms with E-state index in [-0.39, 0.29) is 11.4 Å². The van der Waals surface area contributed by atoms with Gasteiger partial charge in [-0.1, -0.05) is 11.6 Å². The second-order valence-corrected chi connectivity index (χ2v) is 8.61. The molecule has 1 saturated heterocycles. The quantitative estimate of drug-likeness (QED) is 0.769. The molecule has 0 aromatic heterocycles. The van der Waals surface area contributed by atoms with Crippen LogP contribution in [0, 0.1) is 0 Å². The number of carbonyl (C=O) groups excluding carboxylic acids is 1. The van der Waals surface area contributed by atoms with E-state index in [1.54, 1.807) is 18.2 Å². The summed E-state index contributed by atoms with van der Waals surface area (Å²) in [6.45, 7) is 0.281. The van der Waals surface area contributed by atoms with Gasteiger partial charge >= 0.3 is 0 Å². The van der Waals surface area contributed by atoms with Crippen molar-refractivity contribution in [2.75, 3.05) is 26.1 Å². The third kappa shape index (κ3) is 4.09. The zero-order valence-corrected chi connectivity index (χ0v) is 17.1. The summed E-state index contributed by atoms with van der Waals surface area (Å²) in [6.07, 6.45) is 1.04. The fourth-order valence-corrected chi connectivity index (χ4v) is 4.93. The van der Waals surface area contributed by atoms with Crippen molar-refractivity contribution in [1.29, 1.82) is 0 Å². The van der Waals surface area contributed by atoms with Crippen LogP contribution in [0.15, 0.2) is 47.4 Å². The number of rotatable bonds is 6. The Hall–Kier alpha value is -2.29. The van der Waals surface area contributed by atoms with Crippen molar-refractivity contribution in [2.24, 2.45) is 0 Å². The Labute approximate surface area is 169 Å². The molecule has 28 heavy (non-hydrogen) atoms. The number of amides is 1. The summed E-state index contributed by atoms with van der Waals surface area (Å²) in [4.78, 5) is 13.0. The molecule has 1 aliphatic heterocycles. The van der Waals surface area contributed by atoms with Crippen LogP contribution in [0.4, 0.5) is 5.69 Å². The first-order valence-electron chi connectivity index (χ1n) is 8.67. The van der Waals surface area contributed by atoms with E-state index < -0.39 is 22.0 Å². The summed E-state index contributed by atoms with van der Waals surface area (Å²) in [6, 6.07) is 10.1. The molecule has 0 bridgehead atoms. The molecule has 0 spiro atoms. The molecule has 0 saturated carbocycles. The number of halogens is 1. The predicted molar refractivity (Wildman–Crippen MR) is 107 cm³/mol. The number of nitrogens with one attached hydrogen (secondary N) is 1. The number of ether oxygens (including phenoxy) is 2. The van der Waals surface area contributed by atoms with Crippen molar-refractivity contribution in [3.63, 3.8) is 0 Å².